The third-order valence-electron chi connectivity index (χ3n) is 2.44. The van der Waals surface area contributed by atoms with Crippen molar-refractivity contribution in [2.45, 2.75) is 41.5 Å². The molecule has 3 nitrogen and oxygen atoms in total. The summed E-state index contributed by atoms with van der Waals surface area (Å²) in [5.74, 6) is 0.146. The zero-order valence-corrected chi connectivity index (χ0v) is 12.3. The molecule has 0 radical (unpaired) electrons. The number of hydrogen-bond acceptors (Lipinski definition) is 3. The Hall–Kier alpha value is -0.830. The predicted molar refractivity (Wildman–Crippen MR) is 71.9 cm³/mol. The smallest absolute Gasteiger partial charge is 0.162 e. The zero-order chi connectivity index (χ0) is 13.7. The van der Waals surface area contributed by atoms with Crippen LogP contribution in [0.4, 0.5) is 0 Å². The van der Waals surface area contributed by atoms with Gasteiger partial charge in [0.15, 0.2) is 5.78 Å². The molecule has 0 rings (SSSR count). The summed E-state index contributed by atoms with van der Waals surface area (Å²) in [4.78, 5) is 12.0. The molecule has 0 saturated heterocycles. The number of carbonyl (C=O) groups is 1. The fourth-order valence-corrected chi connectivity index (χ4v) is 1.17. The normalized spacial score (nSPS) is 13.7. The average Bonchev–Trinajstić information content (AvgIpc) is 2.13. The highest BCUT2D eigenvalue weighted by molar-refractivity contribution is 5.94. The van der Waals surface area contributed by atoms with Crippen LogP contribution in [-0.2, 0) is 9.53 Å². The second-order valence-corrected chi connectivity index (χ2v) is 6.34. The molecule has 0 heterocycles. The molecule has 0 unspecified atom stereocenters. The van der Waals surface area contributed by atoms with Gasteiger partial charge in [-0.1, -0.05) is 41.5 Å². The van der Waals surface area contributed by atoms with E-state index in [4.69, 9.17) is 4.74 Å². The summed E-state index contributed by atoms with van der Waals surface area (Å²) < 4.78 is 5.00. The summed E-state index contributed by atoms with van der Waals surface area (Å²) in [5.41, 5.74) is 0.572. The summed E-state index contributed by atoms with van der Waals surface area (Å²) in [6.45, 7) is 13.4. The van der Waals surface area contributed by atoms with Crippen LogP contribution < -0.4 is 5.32 Å². The maximum absolute atomic E-state index is 12.0. The minimum atomic E-state index is -0.334. The van der Waals surface area contributed by atoms with E-state index in [-0.39, 0.29) is 16.6 Å². The van der Waals surface area contributed by atoms with Crippen LogP contribution in [0.25, 0.3) is 0 Å². The molecule has 0 aromatic rings. The van der Waals surface area contributed by atoms with E-state index in [0.29, 0.717) is 6.61 Å². The van der Waals surface area contributed by atoms with Crippen LogP contribution in [-0.4, -0.2) is 26.0 Å². The Morgan fingerprint density at radius 2 is 1.65 bits per heavy atom. The quantitative estimate of drug-likeness (QED) is 0.594. The molecule has 0 aromatic heterocycles. The summed E-state index contributed by atoms with van der Waals surface area (Å²) in [7, 11) is 1.67. The minimum Gasteiger partial charge on any atom is -0.385 e. The SMILES string of the molecule is COCCN/C(=C\C(=O)C(C)(C)C)C(C)(C)C. The molecule has 0 spiro atoms. The van der Waals surface area contributed by atoms with Gasteiger partial charge in [-0.3, -0.25) is 4.79 Å². The van der Waals surface area contributed by atoms with Crippen LogP contribution in [0.1, 0.15) is 41.5 Å². The first-order chi connectivity index (χ1) is 7.59. The molecule has 0 fully saturated rings. The number of rotatable bonds is 5. The van der Waals surface area contributed by atoms with Gasteiger partial charge in [-0.25, -0.2) is 0 Å². The average molecular weight is 241 g/mol. The van der Waals surface area contributed by atoms with E-state index < -0.39 is 0 Å². The minimum absolute atomic E-state index is 0.0609. The number of hydrogen-bond donors (Lipinski definition) is 1. The van der Waals surface area contributed by atoms with Crippen LogP contribution in [0.3, 0.4) is 0 Å². The molecular formula is C14H27NO2. The Balaban J connectivity index is 4.81. The fourth-order valence-electron chi connectivity index (χ4n) is 1.17. The highest BCUT2D eigenvalue weighted by atomic mass is 16.5. The van der Waals surface area contributed by atoms with Crippen LogP contribution in [0, 0.1) is 10.8 Å². The lowest BCUT2D eigenvalue weighted by Crippen LogP contribution is -2.30. The first-order valence-electron chi connectivity index (χ1n) is 6.08. The van der Waals surface area contributed by atoms with Gasteiger partial charge in [-0.05, 0) is 0 Å². The van der Waals surface area contributed by atoms with Gasteiger partial charge in [-0.2, -0.15) is 0 Å². The number of allylic oxidation sites excluding steroid dienone is 2. The van der Waals surface area contributed by atoms with E-state index in [0.717, 1.165) is 12.2 Å². The Morgan fingerprint density at radius 3 is 2.00 bits per heavy atom. The van der Waals surface area contributed by atoms with Crippen molar-refractivity contribution in [1.82, 2.24) is 5.32 Å². The third-order valence-corrected chi connectivity index (χ3v) is 2.44. The van der Waals surface area contributed by atoms with Crippen LogP contribution in [0.2, 0.25) is 0 Å². The van der Waals surface area contributed by atoms with Crippen molar-refractivity contribution < 1.29 is 9.53 Å². The van der Waals surface area contributed by atoms with E-state index in [1.54, 1.807) is 13.2 Å². The summed E-state index contributed by atoms with van der Waals surface area (Å²) >= 11 is 0. The molecule has 100 valence electrons. The lowest BCUT2D eigenvalue weighted by Gasteiger charge is -2.26. The van der Waals surface area contributed by atoms with Gasteiger partial charge in [0, 0.05) is 36.3 Å². The Labute approximate surface area is 106 Å². The van der Waals surface area contributed by atoms with Crippen molar-refractivity contribution in [2.24, 2.45) is 10.8 Å². The van der Waals surface area contributed by atoms with E-state index >= 15 is 0 Å². The second-order valence-electron chi connectivity index (χ2n) is 6.34. The molecule has 0 aliphatic carbocycles. The Morgan fingerprint density at radius 1 is 1.12 bits per heavy atom. The van der Waals surface area contributed by atoms with Crippen molar-refractivity contribution in [3.63, 3.8) is 0 Å². The first kappa shape index (κ1) is 16.2. The summed E-state index contributed by atoms with van der Waals surface area (Å²) in [5, 5.41) is 3.28. The van der Waals surface area contributed by atoms with Crippen molar-refractivity contribution in [2.75, 3.05) is 20.3 Å². The summed E-state index contributed by atoms with van der Waals surface area (Å²) in [6.07, 6.45) is 1.73. The second kappa shape index (κ2) is 6.20. The topological polar surface area (TPSA) is 38.3 Å². The van der Waals surface area contributed by atoms with Crippen LogP contribution >= 0.6 is 0 Å². The van der Waals surface area contributed by atoms with E-state index in [1.807, 2.05) is 20.8 Å². The lowest BCUT2D eigenvalue weighted by molar-refractivity contribution is -0.121. The lowest BCUT2D eigenvalue weighted by atomic mass is 9.85. The van der Waals surface area contributed by atoms with Crippen molar-refractivity contribution >= 4 is 5.78 Å². The van der Waals surface area contributed by atoms with Gasteiger partial charge in [0.1, 0.15) is 0 Å². The fraction of sp³-hybridized carbons (Fsp3) is 0.786. The number of methoxy groups -OCH3 is 1. The molecular weight excluding hydrogens is 214 g/mol. The molecule has 0 atom stereocenters. The molecule has 3 heteroatoms. The Kier molecular flexibility index (Phi) is 5.89. The first-order valence-corrected chi connectivity index (χ1v) is 6.08. The molecule has 0 saturated carbocycles. The highest BCUT2D eigenvalue weighted by Gasteiger charge is 2.23. The van der Waals surface area contributed by atoms with Crippen molar-refractivity contribution in [1.29, 1.82) is 0 Å². The molecule has 17 heavy (non-hydrogen) atoms. The highest BCUT2D eigenvalue weighted by Crippen LogP contribution is 2.25. The molecule has 1 N–H and O–H groups in total. The van der Waals surface area contributed by atoms with Gasteiger partial charge in [0.2, 0.25) is 0 Å². The van der Waals surface area contributed by atoms with Crippen LogP contribution in [0.5, 0.6) is 0 Å². The van der Waals surface area contributed by atoms with Gasteiger partial charge in [0.05, 0.1) is 6.61 Å². The monoisotopic (exact) mass is 241 g/mol. The molecule has 0 aromatic carbocycles. The number of carbonyl (C=O) groups excluding carboxylic acids is 1. The van der Waals surface area contributed by atoms with Crippen molar-refractivity contribution in [3.8, 4) is 0 Å². The Bertz CT molecular complexity index is 280. The standard InChI is InChI=1S/C14H27NO2/c1-13(2,3)11(15-8-9-17-7)10-12(16)14(4,5)6/h10,15H,8-9H2,1-7H3/b11-10-. The van der Waals surface area contributed by atoms with Crippen LogP contribution in [0.15, 0.2) is 11.8 Å². The van der Waals surface area contributed by atoms with E-state index in [9.17, 15) is 4.79 Å². The van der Waals surface area contributed by atoms with Gasteiger partial charge >= 0.3 is 0 Å². The van der Waals surface area contributed by atoms with Crippen molar-refractivity contribution in [3.05, 3.63) is 11.8 Å². The maximum atomic E-state index is 12.0. The molecule has 0 bridgehead atoms. The van der Waals surface area contributed by atoms with E-state index in [2.05, 4.69) is 26.1 Å². The number of ether oxygens (including phenoxy) is 1. The van der Waals surface area contributed by atoms with Gasteiger partial charge < -0.3 is 10.1 Å². The molecule has 0 aliphatic rings. The van der Waals surface area contributed by atoms with Gasteiger partial charge in [0.25, 0.3) is 0 Å². The maximum Gasteiger partial charge on any atom is 0.162 e. The van der Waals surface area contributed by atoms with Gasteiger partial charge in [-0.15, -0.1) is 0 Å². The predicted octanol–water partition coefficient (Wildman–Crippen LogP) is 2.77. The third kappa shape index (κ3) is 6.47. The molecule has 0 amide bonds. The summed E-state index contributed by atoms with van der Waals surface area (Å²) in [6, 6.07) is 0. The largest absolute Gasteiger partial charge is 0.385 e. The number of ketones is 1. The zero-order valence-electron chi connectivity index (χ0n) is 12.3. The molecule has 0 aliphatic heterocycles. The number of nitrogens with one attached hydrogen (secondary N) is 1. The van der Waals surface area contributed by atoms with E-state index in [1.165, 1.54) is 0 Å².